The van der Waals surface area contributed by atoms with E-state index in [0.29, 0.717) is 18.8 Å². The van der Waals surface area contributed by atoms with E-state index in [1.54, 1.807) is 0 Å². The van der Waals surface area contributed by atoms with Crippen molar-refractivity contribution in [2.45, 2.75) is 179 Å². The van der Waals surface area contributed by atoms with Gasteiger partial charge in [-0.15, -0.1) is 0 Å². The molecule has 19 atom stereocenters. The highest BCUT2D eigenvalue weighted by Gasteiger charge is 2.71. The van der Waals surface area contributed by atoms with E-state index >= 15 is 0 Å². The minimum absolute atomic E-state index is 0.00493. The van der Waals surface area contributed by atoms with E-state index < -0.39 is 73.5 Å². The van der Waals surface area contributed by atoms with Crippen LogP contribution in [0.2, 0.25) is 0 Å². The van der Waals surface area contributed by atoms with Crippen LogP contribution in [0.3, 0.4) is 0 Å². The summed E-state index contributed by atoms with van der Waals surface area (Å²) in [6, 6.07) is 0. The molecule has 3 aliphatic heterocycles. The van der Waals surface area contributed by atoms with Gasteiger partial charge in [-0.3, -0.25) is 0 Å². The van der Waals surface area contributed by atoms with Crippen molar-refractivity contribution in [2.75, 3.05) is 13.2 Å². The maximum Gasteiger partial charge on any atom is 0.339 e. The van der Waals surface area contributed by atoms with Crippen LogP contribution in [0.1, 0.15) is 106 Å². The smallest absolute Gasteiger partial charge is 0.339 e. The van der Waals surface area contributed by atoms with Crippen molar-refractivity contribution in [3.05, 3.63) is 11.6 Å². The van der Waals surface area contributed by atoms with Gasteiger partial charge in [-0.05, 0) is 111 Å². The first-order valence-electron chi connectivity index (χ1n) is 20.4. The Hall–Kier alpha value is -1.23. The number of allylic oxidation sites excluding steroid dienone is 1. The average Bonchev–Trinajstić information content (AvgIpc) is 3.60. The maximum atomic E-state index is 13.3. The molecule has 0 unspecified atom stereocenters. The first kappa shape index (κ1) is 40.9. The summed E-state index contributed by atoms with van der Waals surface area (Å²) in [6.07, 6.45) is -3.87. The summed E-state index contributed by atoms with van der Waals surface area (Å²) in [6.45, 7) is 14.9. The minimum Gasteiger partial charge on any atom is -0.456 e. The van der Waals surface area contributed by atoms with Crippen LogP contribution in [0.25, 0.3) is 0 Å². The Morgan fingerprint density at radius 1 is 0.796 bits per heavy atom. The highest BCUT2D eigenvalue weighted by atomic mass is 16.7. The molecule has 54 heavy (non-hydrogen) atoms. The van der Waals surface area contributed by atoms with Crippen LogP contribution in [-0.2, 0) is 28.5 Å². The van der Waals surface area contributed by atoms with Gasteiger partial charge in [0.15, 0.2) is 18.2 Å². The lowest BCUT2D eigenvalue weighted by atomic mass is 9.35. The predicted octanol–water partition coefficient (Wildman–Crippen LogP) is 2.33. The van der Waals surface area contributed by atoms with Crippen LogP contribution in [0.15, 0.2) is 11.6 Å². The number of esters is 1. The number of cyclic esters (lactones) is 1. The molecule has 0 spiro atoms. The zero-order valence-electron chi connectivity index (χ0n) is 33.1. The Labute approximate surface area is 319 Å². The third-order valence-electron chi connectivity index (χ3n) is 16.5. The summed E-state index contributed by atoms with van der Waals surface area (Å²) in [4.78, 5) is 13.3. The van der Waals surface area contributed by atoms with Crippen LogP contribution in [0, 0.1) is 45.3 Å². The van der Waals surface area contributed by atoms with Crippen molar-refractivity contribution in [3.63, 3.8) is 0 Å². The molecule has 0 aromatic rings. The second-order valence-corrected chi connectivity index (χ2v) is 19.7. The molecule has 0 amide bonds. The Morgan fingerprint density at radius 3 is 2.19 bits per heavy atom. The van der Waals surface area contributed by atoms with Gasteiger partial charge in [0.2, 0.25) is 0 Å². The van der Waals surface area contributed by atoms with Gasteiger partial charge >= 0.3 is 5.97 Å². The number of aliphatic hydroxyl groups is 7. The lowest BCUT2D eigenvalue weighted by Crippen LogP contribution is -2.66. The van der Waals surface area contributed by atoms with E-state index in [1.807, 2.05) is 19.9 Å². The fourth-order valence-corrected chi connectivity index (χ4v) is 13.5. The molecule has 13 heteroatoms. The fraction of sp³-hybridized carbons (Fsp3) is 0.927. The number of aliphatic hydroxyl groups excluding tert-OH is 6. The quantitative estimate of drug-likeness (QED) is 0.113. The van der Waals surface area contributed by atoms with Gasteiger partial charge in [-0.2, -0.15) is 0 Å². The van der Waals surface area contributed by atoms with Crippen LogP contribution in [0.5, 0.6) is 0 Å². The molecule has 308 valence electrons. The number of rotatable bonds is 7. The van der Waals surface area contributed by atoms with E-state index in [1.165, 1.54) is 0 Å². The van der Waals surface area contributed by atoms with Crippen molar-refractivity contribution >= 4 is 5.97 Å². The normalized spacial score (nSPS) is 54.3. The molecule has 7 N–H and O–H groups in total. The van der Waals surface area contributed by atoms with Gasteiger partial charge in [-0.25, -0.2) is 4.79 Å². The van der Waals surface area contributed by atoms with E-state index in [-0.39, 0.29) is 58.2 Å². The van der Waals surface area contributed by atoms with Crippen molar-refractivity contribution in [1.82, 2.24) is 0 Å². The molecule has 7 aliphatic rings. The summed E-state index contributed by atoms with van der Waals surface area (Å²) in [5.41, 5.74) is -0.797. The van der Waals surface area contributed by atoms with Gasteiger partial charge in [-0.1, -0.05) is 40.2 Å². The first-order chi connectivity index (χ1) is 25.2. The monoisotopic (exact) mass is 766 g/mol. The Bertz CT molecular complexity index is 1430. The highest BCUT2D eigenvalue weighted by molar-refractivity contribution is 5.82. The lowest BCUT2D eigenvalue weighted by molar-refractivity contribution is -0.362. The minimum atomic E-state index is -1.63. The van der Waals surface area contributed by atoms with Crippen molar-refractivity contribution in [3.8, 4) is 0 Å². The summed E-state index contributed by atoms with van der Waals surface area (Å²) in [5.74, 6) is 0.328. The second kappa shape index (κ2) is 14.2. The number of ether oxygens (including phenoxy) is 5. The summed E-state index contributed by atoms with van der Waals surface area (Å²) in [7, 11) is 0. The van der Waals surface area contributed by atoms with Crippen LogP contribution in [-0.4, -0.2) is 128 Å². The molecule has 7 rings (SSSR count). The van der Waals surface area contributed by atoms with Crippen molar-refractivity contribution in [2.24, 2.45) is 45.3 Å². The van der Waals surface area contributed by atoms with Gasteiger partial charge in [0.25, 0.3) is 0 Å². The van der Waals surface area contributed by atoms with E-state index in [9.17, 15) is 40.5 Å². The molecule has 3 saturated heterocycles. The molecule has 0 bridgehead atoms. The predicted molar refractivity (Wildman–Crippen MR) is 193 cm³/mol. The number of hydrogen-bond acceptors (Lipinski definition) is 13. The molecule has 0 aromatic carbocycles. The number of carbonyl (C=O) groups is 1. The van der Waals surface area contributed by atoms with Crippen molar-refractivity contribution in [1.29, 1.82) is 0 Å². The number of carbonyl (C=O) groups excluding carboxylic acids is 1. The highest BCUT2D eigenvalue weighted by Crippen LogP contribution is 2.76. The van der Waals surface area contributed by atoms with Gasteiger partial charge in [0.1, 0.15) is 48.8 Å². The second-order valence-electron chi connectivity index (χ2n) is 19.7. The Morgan fingerprint density at radius 2 is 1.50 bits per heavy atom. The maximum absolute atomic E-state index is 13.3. The molecule has 0 radical (unpaired) electrons. The van der Waals surface area contributed by atoms with Crippen LogP contribution < -0.4 is 0 Å². The summed E-state index contributed by atoms with van der Waals surface area (Å²) in [5, 5.41) is 75.2. The lowest BCUT2D eigenvalue weighted by Gasteiger charge is -2.70. The molecule has 7 fully saturated rings. The van der Waals surface area contributed by atoms with Gasteiger partial charge in [0.05, 0.1) is 19.3 Å². The average molecular weight is 767 g/mol. The zero-order chi connectivity index (χ0) is 39.3. The van der Waals surface area contributed by atoms with E-state index in [2.05, 4.69) is 34.6 Å². The molecule has 3 heterocycles. The first-order valence-corrected chi connectivity index (χ1v) is 20.4. The third kappa shape index (κ3) is 6.17. The molecular weight excluding hydrogens is 700 g/mol. The number of hydrogen-bond donors (Lipinski definition) is 7. The molecule has 13 nitrogen and oxygen atoms in total. The fourth-order valence-electron chi connectivity index (χ4n) is 13.5. The van der Waals surface area contributed by atoms with E-state index in [4.69, 9.17) is 23.7 Å². The largest absolute Gasteiger partial charge is 0.456 e. The topological polar surface area (TPSA) is 205 Å². The van der Waals surface area contributed by atoms with E-state index in [0.717, 1.165) is 50.5 Å². The number of fused-ring (bicyclic) bond motifs is 5. The van der Waals surface area contributed by atoms with Gasteiger partial charge in [0, 0.05) is 12.3 Å². The Kier molecular flexibility index (Phi) is 10.8. The SMILES string of the molecule is CC(C)=C[C@@H]1C[C@](O)([C@H]2CC[C@]3(C)[C@@H]2CC[C@@H]2[C@@]4(C)CC[C@H](O[C@@H]5O[C@H](CO)[C@@H](O)[C@H](O[C@@H]6OC[C@@H](O)[C@H](O)[C@H]6O)[C@H]5O)C(C)(C)[C@@H]4CC[C@]23C)C(=O)O1. The summed E-state index contributed by atoms with van der Waals surface area (Å²) >= 11 is 0. The van der Waals surface area contributed by atoms with Crippen molar-refractivity contribution < 1.29 is 64.2 Å². The Balaban J connectivity index is 1.07. The van der Waals surface area contributed by atoms with Crippen LogP contribution in [0.4, 0.5) is 0 Å². The molecular formula is C41H66O13. The standard InChI is InChI=1S/C41H66O13/c1-20(2)16-21-17-41(49,36(48)51-21)23-10-14-39(6)22(23)8-9-27-38(5)13-12-28(37(3,4)26(38)11-15-40(27,39)7)53-35-32(47)33(30(45)25(18-42)52-35)54-34-31(46)29(44)24(43)19-50-34/h16,21-35,42-47,49H,8-15,17-19H2,1-7H3/t21-,22-,23+,24-,25-,26+,27-,28+,29+,30-,31-,32-,33+,34+,35+,38+,39-,40-,41+/m1/s1. The van der Waals surface area contributed by atoms with Gasteiger partial charge < -0.3 is 59.4 Å². The molecule has 4 saturated carbocycles. The third-order valence-corrected chi connectivity index (χ3v) is 16.5. The molecule has 0 aromatic heterocycles. The molecule has 4 aliphatic carbocycles. The summed E-state index contributed by atoms with van der Waals surface area (Å²) < 4.78 is 29.5. The van der Waals surface area contributed by atoms with Crippen LogP contribution >= 0.6 is 0 Å². The zero-order valence-corrected chi connectivity index (χ0v) is 33.1.